The summed E-state index contributed by atoms with van der Waals surface area (Å²) in [5, 5.41) is 0.970. The summed E-state index contributed by atoms with van der Waals surface area (Å²) < 4.78 is 0. The van der Waals surface area contributed by atoms with Gasteiger partial charge in [0.25, 0.3) is 0 Å². The molecule has 330 valence electrons. The predicted molar refractivity (Wildman–Crippen MR) is 281 cm³/mol. The Kier molecular flexibility index (Phi) is 11.2. The van der Waals surface area contributed by atoms with Crippen molar-refractivity contribution < 1.29 is 0 Å². The number of rotatable bonds is 10. The molecule has 0 amide bonds. The molecular formula is C62H42N8. The molecule has 0 radical (unpaired) electrons. The third-order valence-electron chi connectivity index (χ3n) is 12.5. The number of benzene rings is 8. The van der Waals surface area contributed by atoms with E-state index in [-0.39, 0.29) is 5.92 Å². The van der Waals surface area contributed by atoms with Crippen LogP contribution >= 0.6 is 0 Å². The molecule has 0 saturated carbocycles. The van der Waals surface area contributed by atoms with Crippen molar-refractivity contribution >= 4 is 10.9 Å². The van der Waals surface area contributed by atoms with Crippen molar-refractivity contribution in [2.45, 2.75) is 12.3 Å². The molecule has 8 aromatic carbocycles. The molecule has 1 unspecified atom stereocenters. The van der Waals surface area contributed by atoms with Gasteiger partial charge in [0.15, 0.2) is 40.8 Å². The largest absolute Gasteiger partial charge is 0.227 e. The molecule has 1 atom stereocenters. The summed E-state index contributed by atoms with van der Waals surface area (Å²) in [6, 6.07) is 71.8. The molecule has 8 heteroatoms. The van der Waals surface area contributed by atoms with Crippen molar-refractivity contribution in [2.24, 2.45) is 0 Å². The van der Waals surface area contributed by atoms with Crippen LogP contribution in [-0.2, 0) is 0 Å². The summed E-state index contributed by atoms with van der Waals surface area (Å²) in [5.74, 6) is 4.42. The van der Waals surface area contributed by atoms with Crippen LogP contribution < -0.4 is 0 Å². The average molecular weight is 899 g/mol. The van der Waals surface area contributed by atoms with Crippen molar-refractivity contribution in [2.75, 3.05) is 0 Å². The first-order valence-corrected chi connectivity index (χ1v) is 23.4. The smallest absolute Gasteiger partial charge is 0.164 e. The Morgan fingerprint density at radius 3 is 1.01 bits per heavy atom. The van der Waals surface area contributed by atoms with Crippen LogP contribution in [-0.4, -0.2) is 39.9 Å². The maximum atomic E-state index is 5.46. The van der Waals surface area contributed by atoms with E-state index in [2.05, 4.69) is 103 Å². The van der Waals surface area contributed by atoms with Crippen molar-refractivity contribution in [3.63, 3.8) is 0 Å². The summed E-state index contributed by atoms with van der Waals surface area (Å²) >= 11 is 0. The molecule has 3 aromatic heterocycles. The molecule has 0 fully saturated rings. The molecule has 0 saturated heterocycles. The lowest BCUT2D eigenvalue weighted by Crippen LogP contribution is -2.02. The van der Waals surface area contributed by atoms with Crippen LogP contribution in [0.1, 0.15) is 17.9 Å². The fourth-order valence-electron chi connectivity index (χ4n) is 8.90. The molecular weight excluding hydrogens is 857 g/mol. The van der Waals surface area contributed by atoms with Crippen molar-refractivity contribution in [1.29, 1.82) is 0 Å². The van der Waals surface area contributed by atoms with Gasteiger partial charge in [-0.3, -0.25) is 0 Å². The Hall–Kier alpha value is -9.40. The third kappa shape index (κ3) is 8.57. The summed E-state index contributed by atoms with van der Waals surface area (Å²) in [6.07, 6.45) is 9.68. The Bertz CT molecular complexity index is 3580. The van der Waals surface area contributed by atoms with Gasteiger partial charge in [0.2, 0.25) is 0 Å². The van der Waals surface area contributed by atoms with Crippen LogP contribution in [0.3, 0.4) is 0 Å². The van der Waals surface area contributed by atoms with E-state index >= 15 is 0 Å². The lowest BCUT2D eigenvalue weighted by Gasteiger charge is -2.19. The van der Waals surface area contributed by atoms with Crippen LogP contribution in [0, 0.1) is 0 Å². The van der Waals surface area contributed by atoms with Gasteiger partial charge < -0.3 is 0 Å². The molecule has 3 heterocycles. The highest BCUT2D eigenvalue weighted by molar-refractivity contribution is 6.02. The van der Waals surface area contributed by atoms with E-state index in [4.69, 9.17) is 39.9 Å². The standard InChI is InChI=1S/C62H42N8/c1-7-19-41(20-8-1)51-39-52(42-21-9-2-10-22-42)55-53(40-51)54(43-31-33-49(34-32-43)61-67-57(44-23-11-3-12-24-44)65-58(68-61)45-25-13-4-14-26-45)63-56(64-55)48-35-37-50(38-36-48)62-69-59(46-27-15-5-16-28-46)66-60(70-62)47-29-17-6-18-30-47/h1-19,21-41H,20H2. The van der Waals surface area contributed by atoms with Crippen molar-refractivity contribution in [1.82, 2.24) is 39.9 Å². The minimum atomic E-state index is 0.209. The highest BCUT2D eigenvalue weighted by atomic mass is 15.0. The highest BCUT2D eigenvalue weighted by Crippen LogP contribution is 2.40. The van der Waals surface area contributed by atoms with Crippen LogP contribution in [0.15, 0.2) is 237 Å². The Balaban J connectivity index is 0.999. The summed E-state index contributed by atoms with van der Waals surface area (Å²) in [4.78, 5) is 40.7. The summed E-state index contributed by atoms with van der Waals surface area (Å²) in [5.41, 5.74) is 12.2. The van der Waals surface area contributed by atoms with E-state index in [1.807, 2.05) is 133 Å². The normalized spacial score (nSPS) is 13.1. The number of nitrogens with zero attached hydrogens (tertiary/aromatic N) is 8. The first kappa shape index (κ1) is 42.0. The number of allylic oxidation sites excluding steroid dienone is 4. The van der Waals surface area contributed by atoms with E-state index in [9.17, 15) is 0 Å². The predicted octanol–water partition coefficient (Wildman–Crippen LogP) is 14.6. The van der Waals surface area contributed by atoms with E-state index in [1.54, 1.807) is 0 Å². The van der Waals surface area contributed by atoms with Gasteiger partial charge in [0, 0.05) is 61.4 Å². The highest BCUT2D eigenvalue weighted by Gasteiger charge is 2.21. The molecule has 0 aliphatic heterocycles. The summed E-state index contributed by atoms with van der Waals surface area (Å²) in [7, 11) is 0. The van der Waals surface area contributed by atoms with E-state index in [1.165, 1.54) is 5.56 Å². The number of aromatic nitrogens is 8. The zero-order chi connectivity index (χ0) is 46.6. The SMILES string of the molecule is C1=CCC(c2cc(-c3ccccc3)c3nc(-c4ccc(-c5nc(-c6ccccc6)nc(-c6ccccc6)n5)cc4)nc(-c4ccc(-c5nc(-c6ccccc6)nc(-c6ccccc6)n5)cc4)c3c2)C=C1. The summed E-state index contributed by atoms with van der Waals surface area (Å²) in [6.45, 7) is 0. The fourth-order valence-corrected chi connectivity index (χ4v) is 8.90. The Morgan fingerprint density at radius 1 is 0.300 bits per heavy atom. The second-order valence-corrected chi connectivity index (χ2v) is 17.1. The lowest BCUT2D eigenvalue weighted by molar-refractivity contribution is 0.855. The zero-order valence-corrected chi connectivity index (χ0v) is 37.9. The van der Waals surface area contributed by atoms with Crippen LogP contribution in [0.25, 0.3) is 113 Å². The minimum Gasteiger partial charge on any atom is -0.227 e. The number of hydrogen-bond acceptors (Lipinski definition) is 8. The topological polar surface area (TPSA) is 103 Å². The zero-order valence-electron chi connectivity index (χ0n) is 37.9. The van der Waals surface area contributed by atoms with Gasteiger partial charge in [-0.15, -0.1) is 0 Å². The lowest BCUT2D eigenvalue weighted by atomic mass is 9.87. The maximum absolute atomic E-state index is 5.46. The molecule has 11 aromatic rings. The molecule has 70 heavy (non-hydrogen) atoms. The van der Waals surface area contributed by atoms with Crippen LogP contribution in [0.2, 0.25) is 0 Å². The van der Waals surface area contributed by atoms with Gasteiger partial charge >= 0.3 is 0 Å². The molecule has 1 aliphatic rings. The monoisotopic (exact) mass is 898 g/mol. The quantitative estimate of drug-likeness (QED) is 0.134. The minimum absolute atomic E-state index is 0.209. The molecule has 0 bridgehead atoms. The Morgan fingerprint density at radius 2 is 0.643 bits per heavy atom. The van der Waals surface area contributed by atoms with Gasteiger partial charge in [-0.05, 0) is 29.7 Å². The third-order valence-corrected chi connectivity index (χ3v) is 12.5. The molecule has 0 N–H and O–H groups in total. The average Bonchev–Trinajstić information content (AvgIpc) is 3.46. The van der Waals surface area contributed by atoms with Gasteiger partial charge in [0.05, 0.1) is 11.2 Å². The van der Waals surface area contributed by atoms with Crippen LogP contribution in [0.5, 0.6) is 0 Å². The first-order valence-electron chi connectivity index (χ1n) is 23.4. The van der Waals surface area contributed by atoms with E-state index in [0.29, 0.717) is 40.8 Å². The number of hydrogen-bond donors (Lipinski definition) is 0. The van der Waals surface area contributed by atoms with Crippen LogP contribution in [0.4, 0.5) is 0 Å². The molecule has 1 aliphatic carbocycles. The second kappa shape index (κ2) is 18.7. The van der Waals surface area contributed by atoms with Gasteiger partial charge in [-0.2, -0.15) is 0 Å². The van der Waals surface area contributed by atoms with E-state index in [0.717, 1.165) is 78.7 Å². The van der Waals surface area contributed by atoms with Crippen molar-refractivity contribution in [3.8, 4) is 102 Å². The van der Waals surface area contributed by atoms with E-state index < -0.39 is 0 Å². The fraction of sp³-hybridized carbons (Fsp3) is 0.0323. The molecule has 0 spiro atoms. The molecule has 8 nitrogen and oxygen atoms in total. The Labute approximate surface area is 405 Å². The molecule has 12 rings (SSSR count). The maximum Gasteiger partial charge on any atom is 0.164 e. The van der Waals surface area contributed by atoms with Gasteiger partial charge in [-0.25, -0.2) is 39.9 Å². The second-order valence-electron chi connectivity index (χ2n) is 17.1. The first-order chi connectivity index (χ1) is 34.7. The van der Waals surface area contributed by atoms with Crippen molar-refractivity contribution in [3.05, 3.63) is 242 Å². The number of fused-ring (bicyclic) bond motifs is 1. The van der Waals surface area contributed by atoms with Gasteiger partial charge in [0.1, 0.15) is 0 Å². The van der Waals surface area contributed by atoms with Gasteiger partial charge in [-0.1, -0.05) is 224 Å².